The van der Waals surface area contributed by atoms with Crippen molar-refractivity contribution in [1.82, 2.24) is 5.32 Å². The van der Waals surface area contributed by atoms with Crippen molar-refractivity contribution in [2.75, 3.05) is 27.4 Å². The standard InChI is InChI=1S/C19H20ClNO6/c1-25-16-6-3-12(9-17(16)26-2)7-8-21-18(23)11-27-19(24)14-10-13(20)4-5-15(14)22/h3-6,9-10,22H,7-8,11H2,1-2H3,(H,21,23). The number of amides is 1. The molecule has 0 bridgehead atoms. The van der Waals surface area contributed by atoms with Gasteiger partial charge in [-0.2, -0.15) is 0 Å². The minimum absolute atomic E-state index is 0.0966. The van der Waals surface area contributed by atoms with Crippen LogP contribution in [0.4, 0.5) is 0 Å². The summed E-state index contributed by atoms with van der Waals surface area (Å²) in [5, 5.41) is 12.6. The molecule has 27 heavy (non-hydrogen) atoms. The van der Waals surface area contributed by atoms with Crippen molar-refractivity contribution in [2.45, 2.75) is 6.42 Å². The fourth-order valence-electron chi connectivity index (χ4n) is 2.31. The van der Waals surface area contributed by atoms with E-state index < -0.39 is 18.5 Å². The van der Waals surface area contributed by atoms with Gasteiger partial charge in [-0.05, 0) is 42.3 Å². The molecular weight excluding hydrogens is 374 g/mol. The van der Waals surface area contributed by atoms with E-state index in [-0.39, 0.29) is 16.3 Å². The minimum Gasteiger partial charge on any atom is -0.507 e. The van der Waals surface area contributed by atoms with E-state index >= 15 is 0 Å². The Morgan fingerprint density at radius 3 is 2.52 bits per heavy atom. The van der Waals surface area contributed by atoms with Crippen LogP contribution in [0.3, 0.4) is 0 Å². The van der Waals surface area contributed by atoms with Crippen LogP contribution in [0.2, 0.25) is 5.02 Å². The van der Waals surface area contributed by atoms with Crippen LogP contribution in [0.25, 0.3) is 0 Å². The third-order valence-corrected chi connectivity index (χ3v) is 3.93. The van der Waals surface area contributed by atoms with Gasteiger partial charge in [0, 0.05) is 11.6 Å². The largest absolute Gasteiger partial charge is 0.507 e. The molecule has 0 aliphatic heterocycles. The molecule has 0 saturated carbocycles. The molecule has 0 saturated heterocycles. The molecule has 7 nitrogen and oxygen atoms in total. The SMILES string of the molecule is COc1ccc(CCNC(=O)COC(=O)c2cc(Cl)ccc2O)cc1OC. The molecule has 0 spiro atoms. The zero-order chi connectivity index (χ0) is 19.8. The monoisotopic (exact) mass is 393 g/mol. The number of ether oxygens (including phenoxy) is 3. The molecule has 0 aliphatic rings. The number of carbonyl (C=O) groups excluding carboxylic acids is 2. The van der Waals surface area contributed by atoms with Gasteiger partial charge in [-0.15, -0.1) is 0 Å². The average Bonchev–Trinajstić information content (AvgIpc) is 2.67. The Balaban J connectivity index is 1.79. The van der Waals surface area contributed by atoms with E-state index in [1.165, 1.54) is 18.2 Å². The quantitative estimate of drug-likeness (QED) is 0.669. The Morgan fingerprint density at radius 2 is 1.81 bits per heavy atom. The predicted molar refractivity (Wildman–Crippen MR) is 99.7 cm³/mol. The van der Waals surface area contributed by atoms with E-state index in [4.69, 9.17) is 25.8 Å². The first-order chi connectivity index (χ1) is 12.9. The summed E-state index contributed by atoms with van der Waals surface area (Å²) in [5.41, 5.74) is 0.856. The maximum absolute atomic E-state index is 11.9. The molecule has 0 fully saturated rings. The van der Waals surface area contributed by atoms with Crippen molar-refractivity contribution in [1.29, 1.82) is 0 Å². The number of rotatable bonds is 8. The highest BCUT2D eigenvalue weighted by Crippen LogP contribution is 2.27. The first-order valence-electron chi connectivity index (χ1n) is 8.08. The Hall–Kier alpha value is -2.93. The number of benzene rings is 2. The molecule has 0 aromatic heterocycles. The molecular formula is C19H20ClNO6. The summed E-state index contributed by atoms with van der Waals surface area (Å²) in [5.74, 6) is -0.313. The number of methoxy groups -OCH3 is 2. The number of aromatic hydroxyl groups is 1. The molecule has 0 aliphatic carbocycles. The first kappa shape index (κ1) is 20.4. The fraction of sp³-hybridized carbons (Fsp3) is 0.263. The molecule has 2 aromatic rings. The smallest absolute Gasteiger partial charge is 0.342 e. The second kappa shape index (κ2) is 9.68. The zero-order valence-electron chi connectivity index (χ0n) is 15.0. The van der Waals surface area contributed by atoms with Gasteiger partial charge in [0.05, 0.1) is 14.2 Å². The Morgan fingerprint density at radius 1 is 1.07 bits per heavy atom. The molecule has 2 N–H and O–H groups in total. The van der Waals surface area contributed by atoms with Gasteiger partial charge >= 0.3 is 5.97 Å². The van der Waals surface area contributed by atoms with Crippen LogP contribution < -0.4 is 14.8 Å². The van der Waals surface area contributed by atoms with Gasteiger partial charge in [-0.25, -0.2) is 4.79 Å². The van der Waals surface area contributed by atoms with E-state index in [1.807, 2.05) is 12.1 Å². The summed E-state index contributed by atoms with van der Waals surface area (Å²) in [6.45, 7) is -0.106. The van der Waals surface area contributed by atoms with Gasteiger partial charge in [0.25, 0.3) is 5.91 Å². The number of nitrogens with one attached hydrogen (secondary N) is 1. The van der Waals surface area contributed by atoms with Gasteiger partial charge < -0.3 is 24.6 Å². The fourth-order valence-corrected chi connectivity index (χ4v) is 2.49. The van der Waals surface area contributed by atoms with Crippen molar-refractivity contribution in [3.8, 4) is 17.2 Å². The molecule has 1 amide bonds. The number of phenolic OH excluding ortho intramolecular Hbond substituents is 1. The predicted octanol–water partition coefficient (Wildman–Crippen LogP) is 2.58. The van der Waals surface area contributed by atoms with Crippen molar-refractivity contribution in [2.24, 2.45) is 0 Å². The van der Waals surface area contributed by atoms with Crippen LogP contribution in [0.5, 0.6) is 17.2 Å². The third-order valence-electron chi connectivity index (χ3n) is 3.70. The number of hydrogen-bond acceptors (Lipinski definition) is 6. The average molecular weight is 394 g/mol. The molecule has 0 atom stereocenters. The first-order valence-corrected chi connectivity index (χ1v) is 8.45. The maximum atomic E-state index is 11.9. The third kappa shape index (κ3) is 5.79. The van der Waals surface area contributed by atoms with Gasteiger partial charge in [0.15, 0.2) is 18.1 Å². The normalized spacial score (nSPS) is 10.2. The highest BCUT2D eigenvalue weighted by Gasteiger charge is 2.15. The summed E-state index contributed by atoms with van der Waals surface area (Å²) in [4.78, 5) is 23.7. The number of carbonyl (C=O) groups is 2. The lowest BCUT2D eigenvalue weighted by molar-refractivity contribution is -0.124. The topological polar surface area (TPSA) is 94.1 Å². The summed E-state index contributed by atoms with van der Waals surface area (Å²) in [7, 11) is 3.11. The summed E-state index contributed by atoms with van der Waals surface area (Å²) in [6.07, 6.45) is 0.565. The number of halogens is 1. The highest BCUT2D eigenvalue weighted by molar-refractivity contribution is 6.31. The van der Waals surface area contributed by atoms with Crippen LogP contribution in [-0.4, -0.2) is 44.4 Å². The van der Waals surface area contributed by atoms with Crippen molar-refractivity contribution in [3.05, 3.63) is 52.5 Å². The lowest BCUT2D eigenvalue weighted by Crippen LogP contribution is -2.30. The highest BCUT2D eigenvalue weighted by atomic mass is 35.5. The van der Waals surface area contributed by atoms with E-state index in [1.54, 1.807) is 20.3 Å². The Labute approximate surface area is 161 Å². The van der Waals surface area contributed by atoms with Crippen LogP contribution in [-0.2, 0) is 16.0 Å². The van der Waals surface area contributed by atoms with Crippen LogP contribution in [0.15, 0.2) is 36.4 Å². The van der Waals surface area contributed by atoms with Gasteiger partial charge in [0.1, 0.15) is 11.3 Å². The second-order valence-corrected chi connectivity index (χ2v) is 5.96. The number of phenols is 1. The van der Waals surface area contributed by atoms with Crippen LogP contribution in [0, 0.1) is 0 Å². The number of hydrogen-bond donors (Lipinski definition) is 2. The van der Waals surface area contributed by atoms with E-state index in [2.05, 4.69) is 5.32 Å². The van der Waals surface area contributed by atoms with Crippen molar-refractivity contribution >= 4 is 23.5 Å². The molecule has 144 valence electrons. The maximum Gasteiger partial charge on any atom is 0.342 e. The lowest BCUT2D eigenvalue weighted by Gasteiger charge is -2.10. The Bertz CT molecular complexity index is 824. The molecule has 2 rings (SSSR count). The molecule has 2 aromatic carbocycles. The van der Waals surface area contributed by atoms with Crippen molar-refractivity contribution in [3.63, 3.8) is 0 Å². The minimum atomic E-state index is -0.829. The van der Waals surface area contributed by atoms with Gasteiger partial charge in [-0.1, -0.05) is 17.7 Å². The van der Waals surface area contributed by atoms with Gasteiger partial charge in [0.2, 0.25) is 0 Å². The lowest BCUT2D eigenvalue weighted by atomic mass is 10.1. The van der Waals surface area contributed by atoms with Gasteiger partial charge in [-0.3, -0.25) is 4.79 Å². The Kier molecular flexibility index (Phi) is 7.31. The zero-order valence-corrected chi connectivity index (χ0v) is 15.7. The summed E-state index contributed by atoms with van der Waals surface area (Å²) in [6, 6.07) is 9.47. The van der Waals surface area contributed by atoms with E-state index in [0.717, 1.165) is 5.56 Å². The molecule has 0 heterocycles. The second-order valence-electron chi connectivity index (χ2n) is 5.53. The van der Waals surface area contributed by atoms with Crippen molar-refractivity contribution < 1.29 is 28.9 Å². The van der Waals surface area contributed by atoms with Crippen LogP contribution >= 0.6 is 11.6 Å². The summed E-state index contributed by atoms with van der Waals surface area (Å²) < 4.78 is 15.3. The van der Waals surface area contributed by atoms with Crippen LogP contribution in [0.1, 0.15) is 15.9 Å². The molecule has 0 unspecified atom stereocenters. The molecule has 0 radical (unpaired) electrons. The van der Waals surface area contributed by atoms with E-state index in [0.29, 0.717) is 24.5 Å². The van der Waals surface area contributed by atoms with E-state index in [9.17, 15) is 14.7 Å². The summed E-state index contributed by atoms with van der Waals surface area (Å²) >= 11 is 5.78. The molecule has 8 heteroatoms. The number of esters is 1.